The third-order valence-corrected chi connectivity index (χ3v) is 12.5. The predicted octanol–water partition coefficient (Wildman–Crippen LogP) is 6.49. The number of carbonyl (C=O) groups is 4. The number of anilines is 1. The maximum Gasteiger partial charge on any atom is 0.399 e. The highest BCUT2D eigenvalue weighted by Crippen LogP contribution is 2.59. The van der Waals surface area contributed by atoms with Gasteiger partial charge in [-0.1, -0.05) is 36.4 Å². The number of carbonyl (C=O) groups excluding carboxylic acids is 4. The lowest BCUT2D eigenvalue weighted by Crippen LogP contribution is -2.54. The van der Waals surface area contributed by atoms with Crippen LogP contribution in [0.3, 0.4) is 0 Å². The van der Waals surface area contributed by atoms with Gasteiger partial charge in [0.25, 0.3) is 5.91 Å². The van der Waals surface area contributed by atoms with Gasteiger partial charge in [-0.25, -0.2) is 4.98 Å². The van der Waals surface area contributed by atoms with Crippen molar-refractivity contribution in [3.63, 3.8) is 0 Å². The number of aryl methyl sites for hydroxylation is 1. The Balaban J connectivity index is 1.26. The van der Waals surface area contributed by atoms with Crippen LogP contribution in [0.1, 0.15) is 46.5 Å². The number of likely N-dealkylation sites (tertiary alicyclic amines) is 1. The van der Waals surface area contributed by atoms with Crippen molar-refractivity contribution >= 4 is 69.7 Å². The van der Waals surface area contributed by atoms with Gasteiger partial charge in [-0.15, -0.1) is 22.7 Å². The zero-order chi connectivity index (χ0) is 40.2. The van der Waals surface area contributed by atoms with Crippen molar-refractivity contribution in [3.8, 4) is 10.6 Å². The zero-order valence-corrected chi connectivity index (χ0v) is 33.0. The number of benzene rings is 3. The normalized spacial score (nSPS) is 15.1. The summed E-state index contributed by atoms with van der Waals surface area (Å²) in [7, 11) is -2.54. The highest BCUT2D eigenvalue weighted by atomic mass is 32.1. The van der Waals surface area contributed by atoms with Crippen molar-refractivity contribution in [2.45, 2.75) is 49.9 Å². The van der Waals surface area contributed by atoms with Gasteiger partial charge in [0.2, 0.25) is 17.7 Å². The molecule has 294 valence electrons. The first-order chi connectivity index (χ1) is 26.6. The summed E-state index contributed by atoms with van der Waals surface area (Å²) in [5.41, 5.74) is -2.96. The molecule has 0 spiro atoms. The fraction of sp³-hybridized carbons (Fsp3) is 0.308. The SMILES string of the molecule is CN(C)C(=O)CCN(C(=O)C1CCCN1C(=O)C(CCc1ccccc1)NC(=O)c1cc2cc(C(F)(F)P(=O)(O)O)ccc2s1)c1ccc(-c2nccs2)cc1. The Bertz CT molecular complexity index is 2250. The summed E-state index contributed by atoms with van der Waals surface area (Å²) in [6.07, 6.45) is 3.27. The highest BCUT2D eigenvalue weighted by Gasteiger charge is 2.50. The van der Waals surface area contributed by atoms with Crippen LogP contribution in [0.15, 0.2) is 90.4 Å². The largest absolute Gasteiger partial charge is 0.399 e. The lowest BCUT2D eigenvalue weighted by atomic mass is 10.0. The zero-order valence-electron chi connectivity index (χ0n) is 30.5. The molecule has 3 aromatic carbocycles. The molecule has 3 heterocycles. The Labute approximate surface area is 329 Å². The van der Waals surface area contributed by atoms with E-state index in [4.69, 9.17) is 0 Å². The molecule has 0 aliphatic carbocycles. The van der Waals surface area contributed by atoms with Gasteiger partial charge in [0.05, 0.1) is 4.88 Å². The minimum atomic E-state index is -5.81. The molecule has 3 N–H and O–H groups in total. The number of rotatable bonds is 14. The molecule has 2 unspecified atom stereocenters. The number of hydrogen-bond acceptors (Lipinski definition) is 8. The van der Waals surface area contributed by atoms with Crippen molar-refractivity contribution in [2.75, 3.05) is 32.1 Å². The Kier molecular flexibility index (Phi) is 12.5. The van der Waals surface area contributed by atoms with Crippen LogP contribution in [0.5, 0.6) is 0 Å². The summed E-state index contributed by atoms with van der Waals surface area (Å²) in [4.78, 5) is 82.7. The Morgan fingerprint density at radius 1 is 1.04 bits per heavy atom. The van der Waals surface area contributed by atoms with Gasteiger partial charge in [-0.2, -0.15) is 8.78 Å². The van der Waals surface area contributed by atoms with Gasteiger partial charge < -0.3 is 29.8 Å². The second-order valence-electron chi connectivity index (χ2n) is 13.6. The van der Waals surface area contributed by atoms with E-state index >= 15 is 0 Å². The van der Waals surface area contributed by atoms with E-state index < -0.39 is 42.7 Å². The summed E-state index contributed by atoms with van der Waals surface area (Å²) in [5.74, 6) is -1.63. The van der Waals surface area contributed by atoms with Crippen LogP contribution in [0, 0.1) is 0 Å². The number of amides is 4. The van der Waals surface area contributed by atoms with E-state index in [9.17, 15) is 42.3 Å². The van der Waals surface area contributed by atoms with Crippen molar-refractivity contribution in [1.82, 2.24) is 20.1 Å². The number of alkyl halides is 2. The number of thiophene rings is 1. The fourth-order valence-electron chi connectivity index (χ4n) is 6.57. The molecule has 56 heavy (non-hydrogen) atoms. The molecule has 1 saturated heterocycles. The van der Waals surface area contributed by atoms with Gasteiger partial charge in [0, 0.05) is 66.7 Å². The lowest BCUT2D eigenvalue weighted by molar-refractivity contribution is -0.139. The van der Waals surface area contributed by atoms with Crippen LogP contribution < -0.4 is 10.2 Å². The van der Waals surface area contributed by atoms with Gasteiger partial charge >= 0.3 is 13.3 Å². The first-order valence-electron chi connectivity index (χ1n) is 17.8. The summed E-state index contributed by atoms with van der Waals surface area (Å²) in [6, 6.07) is 19.2. The van der Waals surface area contributed by atoms with Crippen LogP contribution in [0.2, 0.25) is 0 Å². The van der Waals surface area contributed by atoms with E-state index in [-0.39, 0.29) is 48.0 Å². The average molecular weight is 824 g/mol. The Morgan fingerprint density at radius 2 is 1.77 bits per heavy atom. The molecular weight excluding hydrogens is 784 g/mol. The first kappa shape index (κ1) is 40.8. The van der Waals surface area contributed by atoms with Crippen LogP contribution in [0.4, 0.5) is 14.5 Å². The highest BCUT2D eigenvalue weighted by molar-refractivity contribution is 7.52. The first-order valence-corrected chi connectivity index (χ1v) is 21.1. The van der Waals surface area contributed by atoms with E-state index in [0.29, 0.717) is 29.6 Å². The maximum atomic E-state index is 14.5. The van der Waals surface area contributed by atoms with Gasteiger partial charge in [0.15, 0.2) is 0 Å². The minimum absolute atomic E-state index is 0.0526. The van der Waals surface area contributed by atoms with Crippen molar-refractivity contribution in [2.24, 2.45) is 0 Å². The number of aromatic nitrogens is 1. The Morgan fingerprint density at radius 3 is 2.43 bits per heavy atom. The molecule has 17 heteroatoms. The van der Waals surface area contributed by atoms with Gasteiger partial charge in [-0.3, -0.25) is 23.7 Å². The van der Waals surface area contributed by atoms with Gasteiger partial charge in [-0.05, 0) is 79.1 Å². The summed E-state index contributed by atoms with van der Waals surface area (Å²) < 4.78 is 40.9. The molecular formula is C39H40F2N5O7PS2. The van der Waals surface area contributed by atoms with E-state index in [1.54, 1.807) is 32.4 Å². The lowest BCUT2D eigenvalue weighted by Gasteiger charge is -2.33. The predicted molar refractivity (Wildman–Crippen MR) is 212 cm³/mol. The van der Waals surface area contributed by atoms with E-state index in [2.05, 4.69) is 10.3 Å². The third-order valence-electron chi connectivity index (χ3n) is 9.61. The second-order valence-corrected chi connectivity index (χ2v) is 17.2. The van der Waals surface area contributed by atoms with Crippen molar-refractivity contribution in [3.05, 3.63) is 106 Å². The monoisotopic (exact) mass is 823 g/mol. The fourth-order valence-corrected chi connectivity index (χ4v) is 8.63. The molecule has 1 aliphatic rings. The molecule has 1 fully saturated rings. The summed E-state index contributed by atoms with van der Waals surface area (Å²) >= 11 is 2.46. The van der Waals surface area contributed by atoms with E-state index in [1.807, 2.05) is 47.8 Å². The molecule has 0 radical (unpaired) electrons. The molecule has 6 rings (SSSR count). The molecule has 0 saturated carbocycles. The quantitative estimate of drug-likeness (QED) is 0.107. The smallest absolute Gasteiger partial charge is 0.349 e. The van der Waals surface area contributed by atoms with Crippen LogP contribution in [0.25, 0.3) is 20.7 Å². The number of fused-ring (bicyclic) bond motifs is 1. The molecule has 2 aromatic heterocycles. The second kappa shape index (κ2) is 17.1. The summed E-state index contributed by atoms with van der Waals surface area (Å²) in [5, 5.41) is 5.69. The standard InChI is InChI=1S/C39H40F2N5O7PS2/c1-44(2)34(47)18-21-45(29-14-11-26(12-15-29)36-42-19-22-55-36)38(50)31-9-6-20-46(31)37(49)30(16-10-25-7-4-3-5-8-25)43-35(48)33-24-27-23-28(13-17-32(27)56-33)39(40,41)54(51,52)53/h3-5,7-8,11-15,17,19,22-24,30-31H,6,9-10,16,18,20-21H2,1-2H3,(H,43,48)(H2,51,52,53). The van der Waals surface area contributed by atoms with Crippen molar-refractivity contribution in [1.29, 1.82) is 0 Å². The van der Waals surface area contributed by atoms with Crippen LogP contribution in [-0.4, -0.2) is 87.5 Å². The molecule has 0 bridgehead atoms. The summed E-state index contributed by atoms with van der Waals surface area (Å²) in [6.45, 7) is 0.340. The Hall–Kier alpha value is -4.86. The maximum absolute atomic E-state index is 14.5. The van der Waals surface area contributed by atoms with E-state index in [0.717, 1.165) is 39.6 Å². The van der Waals surface area contributed by atoms with E-state index in [1.165, 1.54) is 38.2 Å². The molecule has 2 atom stereocenters. The molecule has 12 nitrogen and oxygen atoms in total. The van der Waals surface area contributed by atoms with Gasteiger partial charge in [0.1, 0.15) is 17.1 Å². The molecule has 4 amide bonds. The average Bonchev–Trinajstić information content (AvgIpc) is 3.98. The number of hydrogen-bond donors (Lipinski definition) is 3. The van der Waals surface area contributed by atoms with Crippen LogP contribution in [-0.2, 0) is 31.0 Å². The molecule has 5 aromatic rings. The topological polar surface area (TPSA) is 160 Å². The number of halogens is 2. The third kappa shape index (κ3) is 9.06. The number of nitrogens with zero attached hydrogens (tertiary/aromatic N) is 4. The minimum Gasteiger partial charge on any atom is -0.349 e. The molecule has 1 aliphatic heterocycles. The number of nitrogens with one attached hydrogen (secondary N) is 1. The van der Waals surface area contributed by atoms with Crippen LogP contribution >= 0.6 is 30.3 Å². The number of thiazole rings is 1. The van der Waals surface area contributed by atoms with Crippen molar-refractivity contribution < 1.29 is 42.3 Å².